The van der Waals surface area contributed by atoms with Gasteiger partial charge in [0.05, 0.1) is 24.3 Å². The van der Waals surface area contributed by atoms with Gasteiger partial charge in [0.25, 0.3) is 0 Å². The van der Waals surface area contributed by atoms with Crippen molar-refractivity contribution in [2.45, 2.75) is 18.4 Å². The molecule has 1 aliphatic carbocycles. The maximum Gasteiger partial charge on any atom is 0.337 e. The molecule has 0 fully saturated rings. The minimum absolute atomic E-state index is 0.102. The zero-order valence-electron chi connectivity index (χ0n) is 14.3. The number of carbonyl (C=O) groups excluding carboxylic acids is 1. The first kappa shape index (κ1) is 16.4. The van der Waals surface area contributed by atoms with Gasteiger partial charge in [-0.05, 0) is 53.8 Å². The number of nitrogens with one attached hydrogen (secondary N) is 1. The van der Waals surface area contributed by atoms with Gasteiger partial charge in [0.1, 0.15) is 0 Å². The standard InChI is InChI=1S/C21H19NO4/c1-26-21(25)13-7-5-12(6-8-13)19-16-4-2-3-15(16)17-11-14(20(23)24)9-10-18(17)22-19/h2-3,5-11,15-16,19,22H,4H2,1H3,(H,23,24)/t15-,16-,19-/m0/s1. The highest BCUT2D eigenvalue weighted by Gasteiger charge is 2.38. The number of carboxylic acid groups (broad SMARTS) is 1. The highest BCUT2D eigenvalue weighted by atomic mass is 16.5. The van der Waals surface area contributed by atoms with Gasteiger partial charge in [-0.15, -0.1) is 0 Å². The second-order valence-electron chi connectivity index (χ2n) is 6.70. The summed E-state index contributed by atoms with van der Waals surface area (Å²) in [6, 6.07) is 12.8. The smallest absolute Gasteiger partial charge is 0.337 e. The summed E-state index contributed by atoms with van der Waals surface area (Å²) in [6.45, 7) is 0. The number of rotatable bonds is 3. The topological polar surface area (TPSA) is 75.6 Å². The summed E-state index contributed by atoms with van der Waals surface area (Å²) in [4.78, 5) is 22.9. The van der Waals surface area contributed by atoms with E-state index in [1.165, 1.54) is 7.11 Å². The molecule has 3 atom stereocenters. The average Bonchev–Trinajstić information content (AvgIpc) is 3.16. The SMILES string of the molecule is COC(=O)c1ccc([C@@H]2Nc3ccc(C(=O)O)cc3[C@H]3C=CC[C@@H]32)cc1. The molecule has 2 aromatic rings. The van der Waals surface area contributed by atoms with Crippen molar-refractivity contribution >= 4 is 17.6 Å². The summed E-state index contributed by atoms with van der Waals surface area (Å²) in [7, 11) is 1.37. The summed E-state index contributed by atoms with van der Waals surface area (Å²) < 4.78 is 4.76. The summed E-state index contributed by atoms with van der Waals surface area (Å²) in [5, 5.41) is 12.8. The third-order valence-electron chi connectivity index (χ3n) is 5.30. The highest BCUT2D eigenvalue weighted by molar-refractivity contribution is 5.89. The number of esters is 1. The molecule has 2 aliphatic rings. The van der Waals surface area contributed by atoms with E-state index in [9.17, 15) is 14.7 Å². The third-order valence-corrected chi connectivity index (χ3v) is 5.30. The second kappa shape index (κ2) is 6.33. The predicted molar refractivity (Wildman–Crippen MR) is 97.5 cm³/mol. The highest BCUT2D eigenvalue weighted by Crippen LogP contribution is 2.49. The normalized spacial score (nSPS) is 22.9. The maximum absolute atomic E-state index is 11.6. The van der Waals surface area contributed by atoms with Crippen LogP contribution in [0.5, 0.6) is 0 Å². The molecule has 0 saturated carbocycles. The monoisotopic (exact) mass is 349 g/mol. The number of allylic oxidation sites excluding steroid dienone is 2. The molecule has 2 N–H and O–H groups in total. The molecule has 0 spiro atoms. The molecule has 4 rings (SSSR count). The van der Waals surface area contributed by atoms with Gasteiger partial charge in [-0.2, -0.15) is 0 Å². The minimum atomic E-state index is -0.910. The van der Waals surface area contributed by atoms with Gasteiger partial charge in [0, 0.05) is 11.6 Å². The Labute approximate surface area is 151 Å². The fourth-order valence-corrected chi connectivity index (χ4v) is 4.00. The number of carboxylic acids is 1. The van der Waals surface area contributed by atoms with Crippen molar-refractivity contribution in [3.8, 4) is 0 Å². The Morgan fingerprint density at radius 1 is 1.12 bits per heavy atom. The number of ether oxygens (including phenoxy) is 1. The van der Waals surface area contributed by atoms with Gasteiger partial charge >= 0.3 is 11.9 Å². The van der Waals surface area contributed by atoms with Crippen molar-refractivity contribution in [3.05, 3.63) is 76.9 Å². The molecule has 1 aliphatic heterocycles. The van der Waals surface area contributed by atoms with E-state index in [1.807, 2.05) is 18.2 Å². The Morgan fingerprint density at radius 2 is 1.85 bits per heavy atom. The molecule has 0 saturated heterocycles. The van der Waals surface area contributed by atoms with E-state index >= 15 is 0 Å². The molecular formula is C21H19NO4. The van der Waals surface area contributed by atoms with Gasteiger partial charge in [-0.3, -0.25) is 0 Å². The van der Waals surface area contributed by atoms with E-state index in [4.69, 9.17) is 4.74 Å². The number of methoxy groups -OCH3 is 1. The average molecular weight is 349 g/mol. The lowest BCUT2D eigenvalue weighted by atomic mass is 9.76. The van der Waals surface area contributed by atoms with E-state index in [-0.39, 0.29) is 17.9 Å². The first-order chi connectivity index (χ1) is 12.6. The van der Waals surface area contributed by atoms with Crippen LogP contribution < -0.4 is 5.32 Å². The molecule has 0 bridgehead atoms. The molecule has 0 radical (unpaired) electrons. The van der Waals surface area contributed by atoms with Gasteiger partial charge in [0.15, 0.2) is 0 Å². The van der Waals surface area contributed by atoms with Crippen LogP contribution >= 0.6 is 0 Å². The van der Waals surface area contributed by atoms with Crippen molar-refractivity contribution in [3.63, 3.8) is 0 Å². The Morgan fingerprint density at radius 3 is 2.54 bits per heavy atom. The van der Waals surface area contributed by atoms with Gasteiger partial charge in [0.2, 0.25) is 0 Å². The van der Waals surface area contributed by atoms with Crippen molar-refractivity contribution in [1.82, 2.24) is 0 Å². The molecule has 0 amide bonds. The zero-order valence-corrected chi connectivity index (χ0v) is 14.3. The minimum Gasteiger partial charge on any atom is -0.478 e. The summed E-state index contributed by atoms with van der Waals surface area (Å²) in [6.07, 6.45) is 5.26. The number of fused-ring (bicyclic) bond motifs is 3. The van der Waals surface area contributed by atoms with E-state index in [1.54, 1.807) is 24.3 Å². The van der Waals surface area contributed by atoms with E-state index in [0.29, 0.717) is 17.0 Å². The number of benzene rings is 2. The number of hydrogen-bond donors (Lipinski definition) is 2. The van der Waals surface area contributed by atoms with Gasteiger partial charge < -0.3 is 15.2 Å². The number of carbonyl (C=O) groups is 2. The Kier molecular flexibility index (Phi) is 3.99. The van der Waals surface area contributed by atoms with E-state index in [2.05, 4.69) is 17.5 Å². The Bertz CT molecular complexity index is 901. The van der Waals surface area contributed by atoms with Gasteiger partial charge in [-0.25, -0.2) is 9.59 Å². The van der Waals surface area contributed by atoms with Gasteiger partial charge in [-0.1, -0.05) is 24.3 Å². The van der Waals surface area contributed by atoms with Crippen LogP contribution in [0.25, 0.3) is 0 Å². The Hall–Kier alpha value is -3.08. The largest absolute Gasteiger partial charge is 0.478 e. The third kappa shape index (κ3) is 2.65. The summed E-state index contributed by atoms with van der Waals surface area (Å²) >= 11 is 0. The molecule has 5 heteroatoms. The van der Waals surface area contributed by atoms with Crippen molar-refractivity contribution in [1.29, 1.82) is 0 Å². The maximum atomic E-state index is 11.6. The number of aromatic carboxylic acids is 1. The van der Waals surface area contributed by atoms with Crippen LogP contribution in [0, 0.1) is 5.92 Å². The molecule has 0 unspecified atom stereocenters. The van der Waals surface area contributed by atoms with Crippen molar-refractivity contribution < 1.29 is 19.4 Å². The fourth-order valence-electron chi connectivity index (χ4n) is 4.00. The molecule has 132 valence electrons. The lowest BCUT2D eigenvalue weighted by molar-refractivity contribution is 0.0599. The molecule has 5 nitrogen and oxygen atoms in total. The molecule has 0 aromatic heterocycles. The summed E-state index contributed by atoms with van der Waals surface area (Å²) in [5.41, 5.74) is 3.94. The molecule has 2 aromatic carbocycles. The fraction of sp³-hybridized carbons (Fsp3) is 0.238. The molecule has 26 heavy (non-hydrogen) atoms. The second-order valence-corrected chi connectivity index (χ2v) is 6.70. The Balaban J connectivity index is 1.69. The predicted octanol–water partition coefficient (Wildman–Crippen LogP) is 4.00. The van der Waals surface area contributed by atoms with Crippen LogP contribution in [0.1, 0.15) is 50.2 Å². The first-order valence-electron chi connectivity index (χ1n) is 8.57. The van der Waals surface area contributed by atoms with Crippen LogP contribution in [-0.2, 0) is 4.74 Å². The molecule has 1 heterocycles. The zero-order chi connectivity index (χ0) is 18.3. The lowest BCUT2D eigenvalue weighted by Crippen LogP contribution is -2.29. The lowest BCUT2D eigenvalue weighted by Gasteiger charge is -2.37. The summed E-state index contributed by atoms with van der Waals surface area (Å²) in [5.74, 6) is -0.752. The van der Waals surface area contributed by atoms with E-state index in [0.717, 1.165) is 23.2 Å². The van der Waals surface area contributed by atoms with Crippen LogP contribution in [0.2, 0.25) is 0 Å². The quantitative estimate of drug-likeness (QED) is 0.647. The van der Waals surface area contributed by atoms with Crippen LogP contribution in [0.15, 0.2) is 54.6 Å². The van der Waals surface area contributed by atoms with Crippen LogP contribution in [0.3, 0.4) is 0 Å². The number of hydrogen-bond acceptors (Lipinski definition) is 4. The van der Waals surface area contributed by atoms with Crippen molar-refractivity contribution in [2.75, 3.05) is 12.4 Å². The van der Waals surface area contributed by atoms with Crippen LogP contribution in [0.4, 0.5) is 5.69 Å². The van der Waals surface area contributed by atoms with Crippen LogP contribution in [-0.4, -0.2) is 24.2 Å². The van der Waals surface area contributed by atoms with E-state index < -0.39 is 5.97 Å². The number of anilines is 1. The first-order valence-corrected chi connectivity index (χ1v) is 8.57. The molecular weight excluding hydrogens is 330 g/mol. The van der Waals surface area contributed by atoms with Crippen molar-refractivity contribution in [2.24, 2.45) is 5.92 Å².